The summed E-state index contributed by atoms with van der Waals surface area (Å²) in [6.07, 6.45) is 6.35. The van der Waals surface area contributed by atoms with Gasteiger partial charge in [0.1, 0.15) is 0 Å². The summed E-state index contributed by atoms with van der Waals surface area (Å²) in [7, 11) is 0. The van der Waals surface area contributed by atoms with Crippen molar-refractivity contribution in [1.29, 1.82) is 0 Å². The number of aryl methyl sites for hydroxylation is 1. The number of benzene rings is 1. The molecule has 0 spiro atoms. The molecule has 1 aliphatic heterocycles. The Labute approximate surface area is 78.0 Å². The van der Waals surface area contributed by atoms with Gasteiger partial charge < -0.3 is 0 Å². The van der Waals surface area contributed by atoms with Crippen molar-refractivity contribution in [2.75, 3.05) is 0 Å². The molecule has 64 valence electrons. The van der Waals surface area contributed by atoms with Crippen LogP contribution >= 0.6 is 0 Å². The van der Waals surface area contributed by atoms with Crippen LogP contribution in [0.4, 0.5) is 0 Å². The summed E-state index contributed by atoms with van der Waals surface area (Å²) >= 11 is 0. The molecule has 0 fully saturated rings. The zero-order valence-corrected chi connectivity index (χ0v) is 7.35. The zero-order chi connectivity index (χ0) is 8.93. The summed E-state index contributed by atoms with van der Waals surface area (Å²) in [5.41, 5.74) is 1.34. The Morgan fingerprint density at radius 2 is 1.69 bits per heavy atom. The highest BCUT2D eigenvalue weighted by Crippen LogP contribution is 2.15. The highest BCUT2D eigenvalue weighted by atomic mass is 15.0. The maximum atomic E-state index is 4.12. The van der Waals surface area contributed by atoms with Crippen LogP contribution in [0.25, 0.3) is 0 Å². The standard InChI is InChI=1S/C11H11N2/c1-2-4-10(5-3-1)6-7-11-12-8-9-13-11/h1-5,8-9H,6-7H2/q+1. The Bertz CT molecular complexity index is 302. The molecule has 1 heterocycles. The van der Waals surface area contributed by atoms with Crippen molar-refractivity contribution in [3.05, 3.63) is 42.1 Å². The van der Waals surface area contributed by atoms with E-state index in [9.17, 15) is 0 Å². The first-order valence-corrected chi connectivity index (χ1v) is 4.41. The summed E-state index contributed by atoms with van der Waals surface area (Å²) in [5.74, 6) is 0. The Kier molecular flexibility index (Phi) is 2.41. The van der Waals surface area contributed by atoms with Gasteiger partial charge in [0.2, 0.25) is 6.17 Å². The van der Waals surface area contributed by atoms with Gasteiger partial charge in [-0.3, -0.25) is 0 Å². The Morgan fingerprint density at radius 3 is 2.38 bits per heavy atom. The van der Waals surface area contributed by atoms with Gasteiger partial charge in [-0.25, -0.2) is 0 Å². The Balaban J connectivity index is 1.86. The monoisotopic (exact) mass is 171 g/mol. The summed E-state index contributed by atoms with van der Waals surface area (Å²) < 4.78 is 0. The van der Waals surface area contributed by atoms with Gasteiger partial charge in [0.15, 0.2) is 12.4 Å². The first kappa shape index (κ1) is 8.05. The van der Waals surface area contributed by atoms with E-state index in [2.05, 4.69) is 34.3 Å². The summed E-state index contributed by atoms with van der Waals surface area (Å²) in [5, 5.41) is 0. The van der Waals surface area contributed by atoms with Crippen LogP contribution in [0.2, 0.25) is 0 Å². The molecule has 1 aliphatic rings. The largest absolute Gasteiger partial charge is 0.241 e. The third kappa shape index (κ3) is 2.18. The molecule has 0 atom stereocenters. The molecule has 2 rings (SSSR count). The van der Waals surface area contributed by atoms with E-state index in [0.29, 0.717) is 0 Å². The van der Waals surface area contributed by atoms with Crippen LogP contribution in [-0.4, -0.2) is 12.4 Å². The van der Waals surface area contributed by atoms with Crippen LogP contribution < -0.4 is 0 Å². The minimum Gasteiger partial charge on any atom is -0.0968 e. The Hall–Kier alpha value is -1.57. The third-order valence-corrected chi connectivity index (χ3v) is 1.99. The molecule has 0 N–H and O–H groups in total. The van der Waals surface area contributed by atoms with Crippen LogP contribution in [0, 0.1) is 6.17 Å². The van der Waals surface area contributed by atoms with E-state index in [1.807, 2.05) is 6.07 Å². The maximum absolute atomic E-state index is 4.12. The summed E-state index contributed by atoms with van der Waals surface area (Å²) in [4.78, 5) is 8.24. The second kappa shape index (κ2) is 3.90. The van der Waals surface area contributed by atoms with E-state index in [4.69, 9.17) is 0 Å². The van der Waals surface area contributed by atoms with Crippen molar-refractivity contribution in [2.24, 2.45) is 9.98 Å². The quantitative estimate of drug-likeness (QED) is 0.623. The highest BCUT2D eigenvalue weighted by Gasteiger charge is 2.14. The lowest BCUT2D eigenvalue weighted by Gasteiger charge is -1.97. The van der Waals surface area contributed by atoms with E-state index < -0.39 is 0 Å². The van der Waals surface area contributed by atoms with Gasteiger partial charge in [-0.05, 0) is 12.0 Å². The summed E-state index contributed by atoms with van der Waals surface area (Å²) in [6, 6.07) is 10.4. The number of hydrogen-bond acceptors (Lipinski definition) is 2. The summed E-state index contributed by atoms with van der Waals surface area (Å²) in [6.45, 7) is 0. The third-order valence-electron chi connectivity index (χ3n) is 1.99. The van der Waals surface area contributed by atoms with Gasteiger partial charge in [0.05, 0.1) is 6.42 Å². The molecular weight excluding hydrogens is 160 g/mol. The van der Waals surface area contributed by atoms with Crippen molar-refractivity contribution < 1.29 is 0 Å². The average molecular weight is 171 g/mol. The van der Waals surface area contributed by atoms with Crippen LogP contribution in [0.15, 0.2) is 40.3 Å². The van der Waals surface area contributed by atoms with Crippen molar-refractivity contribution in [3.8, 4) is 0 Å². The van der Waals surface area contributed by atoms with Gasteiger partial charge >= 0.3 is 0 Å². The van der Waals surface area contributed by atoms with Gasteiger partial charge in [0, 0.05) is 0 Å². The maximum Gasteiger partial charge on any atom is 0.241 e. The Morgan fingerprint density at radius 1 is 1.00 bits per heavy atom. The van der Waals surface area contributed by atoms with Crippen molar-refractivity contribution in [3.63, 3.8) is 0 Å². The van der Waals surface area contributed by atoms with Crippen LogP contribution in [0.3, 0.4) is 0 Å². The van der Waals surface area contributed by atoms with E-state index in [1.54, 1.807) is 12.4 Å². The second-order valence-electron chi connectivity index (χ2n) is 2.96. The molecule has 1 aromatic rings. The predicted molar refractivity (Wildman–Crippen MR) is 55.0 cm³/mol. The average Bonchev–Trinajstić information content (AvgIpc) is 2.69. The van der Waals surface area contributed by atoms with Crippen molar-refractivity contribution in [2.45, 2.75) is 12.8 Å². The number of aliphatic imine (C=N–C) groups is 2. The molecule has 2 nitrogen and oxygen atoms in total. The molecule has 0 bridgehead atoms. The SMILES string of the molecule is C1=N[C+](CCc2ccccc2)N=C1. The fourth-order valence-corrected chi connectivity index (χ4v) is 1.30. The zero-order valence-electron chi connectivity index (χ0n) is 7.35. The highest BCUT2D eigenvalue weighted by molar-refractivity contribution is 6.18. The number of hydrogen-bond donors (Lipinski definition) is 0. The lowest BCUT2D eigenvalue weighted by atomic mass is 10.1. The molecule has 0 amide bonds. The minimum absolute atomic E-state index is 0.928. The molecular formula is C11H11N2+. The smallest absolute Gasteiger partial charge is 0.0968 e. The van der Waals surface area contributed by atoms with Gasteiger partial charge in [-0.15, -0.1) is 0 Å². The normalized spacial score (nSPS) is 14.0. The molecule has 2 heteroatoms. The van der Waals surface area contributed by atoms with Gasteiger partial charge in [-0.2, -0.15) is 0 Å². The van der Waals surface area contributed by atoms with Crippen LogP contribution in [0.1, 0.15) is 12.0 Å². The van der Waals surface area contributed by atoms with Crippen molar-refractivity contribution >= 4 is 12.4 Å². The van der Waals surface area contributed by atoms with Gasteiger partial charge in [-0.1, -0.05) is 40.3 Å². The van der Waals surface area contributed by atoms with E-state index in [-0.39, 0.29) is 0 Å². The van der Waals surface area contributed by atoms with E-state index in [0.717, 1.165) is 19.0 Å². The number of rotatable bonds is 3. The second-order valence-corrected chi connectivity index (χ2v) is 2.96. The van der Waals surface area contributed by atoms with Crippen LogP contribution in [0.5, 0.6) is 0 Å². The lowest BCUT2D eigenvalue weighted by molar-refractivity contribution is 0.801. The molecule has 0 unspecified atom stereocenters. The van der Waals surface area contributed by atoms with Gasteiger partial charge in [0.25, 0.3) is 0 Å². The molecule has 0 aliphatic carbocycles. The fourth-order valence-electron chi connectivity index (χ4n) is 1.30. The van der Waals surface area contributed by atoms with Crippen molar-refractivity contribution in [1.82, 2.24) is 0 Å². The fraction of sp³-hybridized carbons (Fsp3) is 0.182. The molecule has 0 saturated carbocycles. The first-order chi connectivity index (χ1) is 6.45. The molecule has 13 heavy (non-hydrogen) atoms. The van der Waals surface area contributed by atoms with E-state index >= 15 is 0 Å². The number of nitrogens with zero attached hydrogens (tertiary/aromatic N) is 2. The molecule has 1 aromatic carbocycles. The lowest BCUT2D eigenvalue weighted by Crippen LogP contribution is -1.90. The minimum atomic E-state index is 0.928. The molecule has 0 saturated heterocycles. The van der Waals surface area contributed by atoms with Crippen LogP contribution in [-0.2, 0) is 6.42 Å². The molecule has 0 aromatic heterocycles. The first-order valence-electron chi connectivity index (χ1n) is 4.41. The topological polar surface area (TPSA) is 24.7 Å². The van der Waals surface area contributed by atoms with E-state index in [1.165, 1.54) is 5.56 Å². The molecule has 0 radical (unpaired) electrons. The predicted octanol–water partition coefficient (Wildman–Crippen LogP) is 2.26.